The number of carbonyl (C=O) groups is 1. The Balaban J connectivity index is 1.52. The summed E-state index contributed by atoms with van der Waals surface area (Å²) in [6, 6.07) is 10.1. The van der Waals surface area contributed by atoms with Gasteiger partial charge in [0.2, 0.25) is 21.8 Å². The summed E-state index contributed by atoms with van der Waals surface area (Å²) in [4.78, 5) is 16.7. The topological polar surface area (TPSA) is 107 Å². The molecule has 1 aromatic heterocycles. The number of carbonyl (C=O) groups excluding carboxylic acids is 1. The number of anilines is 1. The van der Waals surface area contributed by atoms with Crippen molar-refractivity contribution in [3.63, 3.8) is 0 Å². The van der Waals surface area contributed by atoms with Gasteiger partial charge in [0.1, 0.15) is 12.3 Å². The highest BCUT2D eigenvalue weighted by Gasteiger charge is 2.27. The number of hydrogen-bond acceptors (Lipinski definition) is 6. The zero-order valence-electron chi connectivity index (χ0n) is 16.3. The molecule has 0 unspecified atom stereocenters. The molecule has 0 radical (unpaired) electrons. The van der Waals surface area contributed by atoms with Gasteiger partial charge in [-0.05, 0) is 49.1 Å². The number of aromatic nitrogens is 1. The summed E-state index contributed by atoms with van der Waals surface area (Å²) in [6.45, 7) is 0.757. The van der Waals surface area contributed by atoms with Crippen molar-refractivity contribution in [3.8, 4) is 5.88 Å². The van der Waals surface area contributed by atoms with Crippen molar-refractivity contribution in [2.75, 3.05) is 25.6 Å². The predicted molar refractivity (Wildman–Crippen MR) is 108 cm³/mol. The average Bonchev–Trinajstić information content (AvgIpc) is 3.51. The number of hydrogen-bond donors (Lipinski definition) is 2. The van der Waals surface area contributed by atoms with Gasteiger partial charge in [-0.3, -0.25) is 4.79 Å². The van der Waals surface area contributed by atoms with E-state index in [1.165, 1.54) is 0 Å². The van der Waals surface area contributed by atoms with E-state index in [-0.39, 0.29) is 23.3 Å². The number of amides is 1. The molecular weight excluding hydrogens is 394 g/mol. The molecule has 9 heteroatoms. The van der Waals surface area contributed by atoms with E-state index in [1.54, 1.807) is 49.7 Å². The minimum absolute atomic E-state index is 0.0687. The molecule has 1 amide bonds. The lowest BCUT2D eigenvalue weighted by Gasteiger charge is -2.11. The highest BCUT2D eigenvalue weighted by atomic mass is 32.2. The Morgan fingerprint density at radius 3 is 2.62 bits per heavy atom. The van der Waals surface area contributed by atoms with Crippen molar-refractivity contribution in [2.24, 2.45) is 0 Å². The fourth-order valence-electron chi connectivity index (χ4n) is 2.62. The minimum Gasteiger partial charge on any atom is -0.474 e. The molecule has 156 valence electrons. The lowest BCUT2D eigenvalue weighted by atomic mass is 10.1. The molecule has 0 aliphatic heterocycles. The minimum atomic E-state index is -3.46. The van der Waals surface area contributed by atoms with Gasteiger partial charge in [0, 0.05) is 25.8 Å². The molecule has 3 rings (SSSR count). The first-order valence-corrected chi connectivity index (χ1v) is 10.9. The van der Waals surface area contributed by atoms with Gasteiger partial charge in [-0.2, -0.15) is 0 Å². The van der Waals surface area contributed by atoms with Gasteiger partial charge in [-0.15, -0.1) is 0 Å². The maximum Gasteiger partial charge on any atom is 0.240 e. The number of methoxy groups -OCH3 is 1. The third-order valence-electron chi connectivity index (χ3n) is 4.35. The van der Waals surface area contributed by atoms with E-state index in [1.807, 2.05) is 0 Å². The fourth-order valence-corrected chi connectivity index (χ4v) is 3.92. The number of aryl methyl sites for hydroxylation is 1. The number of nitrogens with zero attached hydrogens (tertiary/aromatic N) is 1. The number of ether oxygens (including phenoxy) is 2. The van der Waals surface area contributed by atoms with Crippen molar-refractivity contribution in [1.82, 2.24) is 9.71 Å². The van der Waals surface area contributed by atoms with Gasteiger partial charge in [0.05, 0.1) is 11.5 Å². The van der Waals surface area contributed by atoms with Gasteiger partial charge in [-0.1, -0.05) is 12.1 Å². The SMILES string of the molecule is COCCOc1ncccc1NC(=O)CCc1ccc(S(=O)(=O)NC2CC2)cc1. The lowest BCUT2D eigenvalue weighted by Crippen LogP contribution is -2.25. The van der Waals surface area contributed by atoms with Crippen LogP contribution in [0.5, 0.6) is 5.88 Å². The summed E-state index contributed by atoms with van der Waals surface area (Å²) in [7, 11) is -1.88. The van der Waals surface area contributed by atoms with E-state index in [2.05, 4.69) is 15.0 Å². The summed E-state index contributed by atoms with van der Waals surface area (Å²) in [5.74, 6) is 0.164. The van der Waals surface area contributed by atoms with E-state index >= 15 is 0 Å². The number of sulfonamides is 1. The van der Waals surface area contributed by atoms with Crippen LogP contribution in [0, 0.1) is 0 Å². The van der Waals surface area contributed by atoms with Gasteiger partial charge in [0.15, 0.2) is 0 Å². The molecule has 2 aromatic rings. The van der Waals surface area contributed by atoms with E-state index < -0.39 is 10.0 Å². The van der Waals surface area contributed by atoms with E-state index in [9.17, 15) is 13.2 Å². The zero-order chi connectivity index (χ0) is 20.7. The summed E-state index contributed by atoms with van der Waals surface area (Å²) in [5, 5.41) is 2.80. The molecule has 1 heterocycles. The Bertz CT molecular complexity index is 927. The molecule has 1 aliphatic carbocycles. The van der Waals surface area contributed by atoms with Crippen LogP contribution in [0.25, 0.3) is 0 Å². The van der Waals surface area contributed by atoms with Crippen molar-refractivity contribution in [3.05, 3.63) is 48.2 Å². The fraction of sp³-hybridized carbons (Fsp3) is 0.400. The van der Waals surface area contributed by atoms with E-state index in [0.29, 0.717) is 31.2 Å². The predicted octanol–water partition coefficient (Wildman–Crippen LogP) is 2.12. The highest BCUT2D eigenvalue weighted by Crippen LogP contribution is 2.23. The third kappa shape index (κ3) is 6.52. The molecule has 0 spiro atoms. The number of benzene rings is 1. The second-order valence-corrected chi connectivity index (χ2v) is 8.50. The zero-order valence-corrected chi connectivity index (χ0v) is 17.1. The van der Waals surface area contributed by atoms with Crippen molar-refractivity contribution in [2.45, 2.75) is 36.6 Å². The standard InChI is InChI=1S/C20H25N3O5S/c1-27-13-14-28-20-18(3-2-12-21-20)22-19(24)11-6-15-4-9-17(10-5-15)29(25,26)23-16-7-8-16/h2-5,9-10,12,16,23H,6-8,11,13-14H2,1H3,(H,22,24). The van der Waals surface area contributed by atoms with Crippen molar-refractivity contribution < 1.29 is 22.7 Å². The normalized spacial score (nSPS) is 13.8. The Morgan fingerprint density at radius 2 is 1.93 bits per heavy atom. The molecule has 1 aromatic carbocycles. The lowest BCUT2D eigenvalue weighted by molar-refractivity contribution is -0.116. The number of pyridine rings is 1. The largest absolute Gasteiger partial charge is 0.474 e. The molecule has 0 bridgehead atoms. The smallest absolute Gasteiger partial charge is 0.240 e. The second-order valence-electron chi connectivity index (χ2n) is 6.79. The Labute approximate surface area is 170 Å². The molecule has 1 fully saturated rings. The van der Waals surface area contributed by atoms with Gasteiger partial charge in [-0.25, -0.2) is 18.1 Å². The number of rotatable bonds is 11. The number of nitrogens with one attached hydrogen (secondary N) is 2. The monoisotopic (exact) mass is 419 g/mol. The Hall–Kier alpha value is -2.49. The molecule has 2 N–H and O–H groups in total. The molecular formula is C20H25N3O5S. The molecule has 1 aliphatic rings. The van der Waals surface area contributed by atoms with Crippen molar-refractivity contribution in [1.29, 1.82) is 0 Å². The summed E-state index contributed by atoms with van der Waals surface area (Å²) >= 11 is 0. The summed E-state index contributed by atoms with van der Waals surface area (Å²) < 4.78 is 37.5. The van der Waals surface area contributed by atoms with Gasteiger partial charge in [0.25, 0.3) is 0 Å². The first-order chi connectivity index (χ1) is 14.0. The average molecular weight is 420 g/mol. The quantitative estimate of drug-likeness (QED) is 0.541. The van der Waals surface area contributed by atoms with Crippen LogP contribution in [0.3, 0.4) is 0 Å². The van der Waals surface area contributed by atoms with Gasteiger partial charge < -0.3 is 14.8 Å². The van der Waals surface area contributed by atoms with Crippen LogP contribution < -0.4 is 14.8 Å². The molecule has 0 atom stereocenters. The van der Waals surface area contributed by atoms with Crippen LogP contribution in [0.15, 0.2) is 47.5 Å². The molecule has 1 saturated carbocycles. The van der Waals surface area contributed by atoms with Crippen LogP contribution in [0.4, 0.5) is 5.69 Å². The maximum absolute atomic E-state index is 12.3. The summed E-state index contributed by atoms with van der Waals surface area (Å²) in [5.41, 5.74) is 1.38. The van der Waals surface area contributed by atoms with Crippen LogP contribution in [0.1, 0.15) is 24.8 Å². The molecule has 8 nitrogen and oxygen atoms in total. The maximum atomic E-state index is 12.3. The van der Waals surface area contributed by atoms with Gasteiger partial charge >= 0.3 is 0 Å². The highest BCUT2D eigenvalue weighted by molar-refractivity contribution is 7.89. The Kier molecular flexibility index (Phi) is 7.18. The van der Waals surface area contributed by atoms with Crippen LogP contribution in [0.2, 0.25) is 0 Å². The van der Waals surface area contributed by atoms with E-state index in [4.69, 9.17) is 9.47 Å². The second kappa shape index (κ2) is 9.82. The summed E-state index contributed by atoms with van der Waals surface area (Å²) in [6.07, 6.45) is 4.11. The molecule has 29 heavy (non-hydrogen) atoms. The first-order valence-electron chi connectivity index (χ1n) is 9.46. The molecule has 0 saturated heterocycles. The van der Waals surface area contributed by atoms with Crippen molar-refractivity contribution >= 4 is 21.6 Å². The van der Waals surface area contributed by atoms with E-state index in [0.717, 1.165) is 18.4 Å². The third-order valence-corrected chi connectivity index (χ3v) is 5.88. The Morgan fingerprint density at radius 1 is 1.17 bits per heavy atom. The van der Waals surface area contributed by atoms with Crippen LogP contribution >= 0.6 is 0 Å². The first kappa shape index (κ1) is 21.2. The van der Waals surface area contributed by atoms with Crippen LogP contribution in [-0.2, 0) is 26.0 Å². The van der Waals surface area contributed by atoms with Crippen LogP contribution in [-0.4, -0.2) is 45.7 Å².